The lowest BCUT2D eigenvalue weighted by Gasteiger charge is -2.12. The van der Waals surface area contributed by atoms with Crippen LogP contribution in [0.5, 0.6) is 0 Å². The smallest absolute Gasteiger partial charge is 0.341 e. The van der Waals surface area contributed by atoms with E-state index in [1.54, 1.807) is 6.92 Å². The van der Waals surface area contributed by atoms with Crippen molar-refractivity contribution in [2.75, 3.05) is 11.9 Å². The van der Waals surface area contributed by atoms with Crippen LogP contribution in [-0.4, -0.2) is 33.2 Å². The summed E-state index contributed by atoms with van der Waals surface area (Å²) < 4.78 is 29.1. The van der Waals surface area contributed by atoms with E-state index in [-0.39, 0.29) is 11.4 Å². The van der Waals surface area contributed by atoms with E-state index >= 15 is 0 Å². The van der Waals surface area contributed by atoms with Crippen molar-refractivity contribution >= 4 is 17.6 Å². The largest absolute Gasteiger partial charge is 0.477 e. The van der Waals surface area contributed by atoms with E-state index in [2.05, 4.69) is 10.4 Å². The fourth-order valence-electron chi connectivity index (χ4n) is 2.72. The number of hydrogen-bond donors (Lipinski definition) is 2. The first-order valence-electron chi connectivity index (χ1n) is 8.80. The first-order valence-corrected chi connectivity index (χ1v) is 8.80. The number of carbonyl (C=O) groups is 2. The van der Waals surface area contributed by atoms with Gasteiger partial charge in [0.15, 0.2) is 5.78 Å². The van der Waals surface area contributed by atoms with Crippen LogP contribution < -0.4 is 5.32 Å². The second kappa shape index (κ2) is 8.75. The maximum Gasteiger partial charge on any atom is 0.341 e. The van der Waals surface area contributed by atoms with Gasteiger partial charge in [0.2, 0.25) is 0 Å². The van der Waals surface area contributed by atoms with Gasteiger partial charge in [-0.05, 0) is 30.9 Å². The van der Waals surface area contributed by atoms with Crippen LogP contribution in [0, 0.1) is 17.6 Å². The summed E-state index contributed by atoms with van der Waals surface area (Å²) in [6, 6.07) is 3.17. The Bertz CT molecular complexity index is 827. The van der Waals surface area contributed by atoms with Crippen molar-refractivity contribution in [1.82, 2.24) is 9.78 Å². The Morgan fingerprint density at radius 3 is 2.37 bits per heavy atom. The normalized spacial score (nSPS) is 11.0. The topological polar surface area (TPSA) is 84.2 Å². The molecule has 2 rings (SSSR count). The lowest BCUT2D eigenvalue weighted by atomic mass is 10.1. The van der Waals surface area contributed by atoms with E-state index in [0.29, 0.717) is 24.6 Å². The standard InChI is InChI=1S/C19H23F2N3O3/c1-4-14-17(19(26)27)18(24(23-14)9-8-11(2)3)22-10-15(25)16-12(20)6-5-7-13(16)21/h5-7,11,22H,4,8-10H2,1-3H3,(H,26,27). The number of carboxylic acid groups (broad SMARTS) is 1. The average molecular weight is 379 g/mol. The monoisotopic (exact) mass is 379 g/mol. The zero-order valence-electron chi connectivity index (χ0n) is 15.6. The van der Waals surface area contributed by atoms with Gasteiger partial charge in [0.1, 0.15) is 23.0 Å². The number of hydrogen-bond acceptors (Lipinski definition) is 4. The molecule has 0 bridgehead atoms. The molecule has 0 amide bonds. The Morgan fingerprint density at radius 1 is 1.22 bits per heavy atom. The van der Waals surface area contributed by atoms with E-state index in [4.69, 9.17) is 0 Å². The molecule has 146 valence electrons. The zero-order chi connectivity index (χ0) is 20.1. The number of Topliss-reactive ketones (excluding diaryl/α,β-unsaturated/α-hetero) is 1. The number of aryl methyl sites for hydroxylation is 2. The number of nitrogens with zero attached hydrogens (tertiary/aromatic N) is 2. The summed E-state index contributed by atoms with van der Waals surface area (Å²) in [5, 5.41) is 16.6. The second-order valence-electron chi connectivity index (χ2n) is 6.61. The summed E-state index contributed by atoms with van der Waals surface area (Å²) >= 11 is 0. The Balaban J connectivity index is 2.31. The van der Waals surface area contributed by atoms with Crippen molar-refractivity contribution in [1.29, 1.82) is 0 Å². The predicted octanol–water partition coefficient (Wildman–Crippen LogP) is 3.76. The lowest BCUT2D eigenvalue weighted by molar-refractivity contribution is 0.0696. The minimum atomic E-state index is -1.17. The number of nitrogens with one attached hydrogen (secondary N) is 1. The molecular formula is C19H23F2N3O3. The SMILES string of the molecule is CCc1nn(CCC(C)C)c(NCC(=O)c2c(F)cccc2F)c1C(=O)O. The molecule has 2 N–H and O–H groups in total. The highest BCUT2D eigenvalue weighted by atomic mass is 19.1. The quantitative estimate of drug-likeness (QED) is 0.648. The number of ketones is 1. The molecule has 0 atom stereocenters. The molecule has 0 radical (unpaired) electrons. The van der Waals surface area contributed by atoms with Crippen molar-refractivity contribution in [3.05, 3.63) is 46.7 Å². The van der Waals surface area contributed by atoms with Crippen molar-refractivity contribution in [2.24, 2.45) is 5.92 Å². The molecule has 0 saturated heterocycles. The van der Waals surface area contributed by atoms with Gasteiger partial charge in [-0.2, -0.15) is 5.10 Å². The summed E-state index contributed by atoms with van der Waals surface area (Å²) in [7, 11) is 0. The number of halogens is 2. The van der Waals surface area contributed by atoms with Gasteiger partial charge in [-0.1, -0.05) is 26.8 Å². The first kappa shape index (κ1) is 20.5. The van der Waals surface area contributed by atoms with Crippen LogP contribution in [0.3, 0.4) is 0 Å². The van der Waals surface area contributed by atoms with Crippen LogP contribution in [0.25, 0.3) is 0 Å². The summed E-state index contributed by atoms with van der Waals surface area (Å²) in [6.07, 6.45) is 1.16. The van der Waals surface area contributed by atoms with Crippen molar-refractivity contribution < 1.29 is 23.5 Å². The van der Waals surface area contributed by atoms with E-state index in [1.165, 1.54) is 10.7 Å². The molecule has 27 heavy (non-hydrogen) atoms. The number of aromatic carboxylic acids is 1. The van der Waals surface area contributed by atoms with Crippen LogP contribution in [0.1, 0.15) is 53.6 Å². The third kappa shape index (κ3) is 4.69. The Morgan fingerprint density at radius 2 is 1.85 bits per heavy atom. The lowest BCUT2D eigenvalue weighted by Crippen LogP contribution is -2.20. The van der Waals surface area contributed by atoms with Crippen LogP contribution in [0.4, 0.5) is 14.6 Å². The molecule has 0 aliphatic heterocycles. The van der Waals surface area contributed by atoms with Crippen LogP contribution in [0.2, 0.25) is 0 Å². The van der Waals surface area contributed by atoms with E-state index in [0.717, 1.165) is 18.6 Å². The highest BCUT2D eigenvalue weighted by molar-refractivity contribution is 6.00. The van der Waals surface area contributed by atoms with Crippen LogP contribution in [0.15, 0.2) is 18.2 Å². The number of benzene rings is 1. The molecule has 1 aromatic carbocycles. The molecule has 1 aromatic heterocycles. The summed E-state index contributed by atoms with van der Waals surface area (Å²) in [5.41, 5.74) is -0.285. The summed E-state index contributed by atoms with van der Waals surface area (Å²) in [6.45, 7) is 5.85. The second-order valence-corrected chi connectivity index (χ2v) is 6.61. The van der Waals surface area contributed by atoms with Crippen molar-refractivity contribution in [3.8, 4) is 0 Å². The third-order valence-corrected chi connectivity index (χ3v) is 4.15. The number of anilines is 1. The maximum atomic E-state index is 13.8. The van der Waals surface area contributed by atoms with Gasteiger partial charge in [-0.3, -0.25) is 4.79 Å². The van der Waals surface area contributed by atoms with Gasteiger partial charge >= 0.3 is 5.97 Å². The van der Waals surface area contributed by atoms with Gasteiger partial charge in [-0.25, -0.2) is 18.3 Å². The first-order chi connectivity index (χ1) is 12.8. The Kier molecular flexibility index (Phi) is 6.65. The molecule has 6 nitrogen and oxygen atoms in total. The molecule has 0 unspecified atom stereocenters. The van der Waals surface area contributed by atoms with E-state index in [9.17, 15) is 23.5 Å². The van der Waals surface area contributed by atoms with Crippen LogP contribution >= 0.6 is 0 Å². The summed E-state index contributed by atoms with van der Waals surface area (Å²) in [4.78, 5) is 24.0. The molecular weight excluding hydrogens is 356 g/mol. The number of carbonyl (C=O) groups excluding carboxylic acids is 1. The molecule has 2 aromatic rings. The van der Waals surface area contributed by atoms with Crippen molar-refractivity contribution in [3.63, 3.8) is 0 Å². The predicted molar refractivity (Wildman–Crippen MR) is 97.2 cm³/mol. The molecule has 0 spiro atoms. The molecule has 0 aliphatic rings. The maximum absolute atomic E-state index is 13.8. The molecule has 0 aliphatic carbocycles. The summed E-state index contributed by atoms with van der Waals surface area (Å²) in [5.74, 6) is -3.35. The zero-order valence-corrected chi connectivity index (χ0v) is 15.6. The molecule has 8 heteroatoms. The van der Waals surface area contributed by atoms with Crippen molar-refractivity contribution in [2.45, 2.75) is 40.2 Å². The third-order valence-electron chi connectivity index (χ3n) is 4.15. The Hall–Kier alpha value is -2.77. The number of rotatable bonds is 9. The fraction of sp³-hybridized carbons (Fsp3) is 0.421. The average Bonchev–Trinajstić information content (AvgIpc) is 2.95. The van der Waals surface area contributed by atoms with Gasteiger partial charge in [0, 0.05) is 6.54 Å². The van der Waals surface area contributed by atoms with Gasteiger partial charge < -0.3 is 10.4 Å². The molecule has 1 heterocycles. The highest BCUT2D eigenvalue weighted by Gasteiger charge is 2.24. The van der Waals surface area contributed by atoms with Gasteiger partial charge in [0.05, 0.1) is 17.8 Å². The minimum Gasteiger partial charge on any atom is -0.477 e. The van der Waals surface area contributed by atoms with E-state index < -0.39 is 35.5 Å². The number of carboxylic acids is 1. The van der Waals surface area contributed by atoms with E-state index in [1.807, 2.05) is 13.8 Å². The highest BCUT2D eigenvalue weighted by Crippen LogP contribution is 2.23. The Labute approximate surface area is 156 Å². The van der Waals surface area contributed by atoms with Gasteiger partial charge in [-0.15, -0.1) is 0 Å². The fourth-order valence-corrected chi connectivity index (χ4v) is 2.72. The molecule has 0 saturated carbocycles. The minimum absolute atomic E-state index is 0.0249. The molecule has 0 fully saturated rings. The van der Waals surface area contributed by atoms with Crippen LogP contribution in [-0.2, 0) is 13.0 Å². The van der Waals surface area contributed by atoms with Gasteiger partial charge in [0.25, 0.3) is 0 Å². The number of aromatic nitrogens is 2.